The summed E-state index contributed by atoms with van der Waals surface area (Å²) in [6.45, 7) is 7.95. The normalized spacial score (nSPS) is 12.0. The molecule has 1 rings (SSSR count). The van der Waals surface area contributed by atoms with E-state index in [2.05, 4.69) is 30.9 Å². The average molecular weight is 140 g/mol. The van der Waals surface area contributed by atoms with Gasteiger partial charge in [-0.15, -0.1) is 0 Å². The summed E-state index contributed by atoms with van der Waals surface area (Å²) in [5.74, 6) is 1.40. The van der Waals surface area contributed by atoms with E-state index in [-0.39, 0.29) is 5.41 Å². The van der Waals surface area contributed by atoms with Crippen LogP contribution in [0.1, 0.15) is 32.5 Å². The summed E-state index contributed by atoms with van der Waals surface area (Å²) in [5.41, 5.74) is -0.00222. The van der Waals surface area contributed by atoms with Gasteiger partial charge in [-0.25, -0.2) is 0 Å². The summed E-state index contributed by atoms with van der Waals surface area (Å²) in [4.78, 5) is 4.10. The van der Waals surface area contributed by atoms with E-state index in [4.69, 9.17) is 4.52 Å². The lowest BCUT2D eigenvalue weighted by atomic mass is 9.96. The summed E-state index contributed by atoms with van der Waals surface area (Å²) in [7, 11) is 0. The van der Waals surface area contributed by atoms with Gasteiger partial charge < -0.3 is 4.52 Å². The second kappa shape index (κ2) is 2.08. The van der Waals surface area contributed by atoms with Crippen molar-refractivity contribution in [1.82, 2.24) is 10.1 Å². The lowest BCUT2D eigenvalue weighted by Crippen LogP contribution is -2.13. The summed E-state index contributed by atoms with van der Waals surface area (Å²) < 4.78 is 4.83. The molecule has 1 heterocycles. The first-order chi connectivity index (χ1) is 4.50. The second-order valence-corrected chi connectivity index (χ2v) is 3.39. The Kier molecular flexibility index (Phi) is 1.50. The van der Waals surface area contributed by atoms with Gasteiger partial charge in [0.2, 0.25) is 5.89 Å². The van der Waals surface area contributed by atoms with Crippen molar-refractivity contribution in [3.63, 3.8) is 0 Å². The lowest BCUT2D eigenvalue weighted by Gasteiger charge is -2.10. The maximum absolute atomic E-state index is 4.83. The molecule has 0 saturated carbocycles. The highest BCUT2D eigenvalue weighted by atomic mass is 16.5. The van der Waals surface area contributed by atoms with E-state index >= 15 is 0 Å². The fraction of sp³-hybridized carbons (Fsp3) is 0.714. The van der Waals surface area contributed by atoms with E-state index in [1.54, 1.807) is 6.92 Å². The minimum atomic E-state index is -0.00222. The van der Waals surface area contributed by atoms with Gasteiger partial charge in [0.15, 0.2) is 5.82 Å². The third-order valence-corrected chi connectivity index (χ3v) is 1.20. The molecule has 0 saturated heterocycles. The fourth-order valence-electron chi connectivity index (χ4n) is 0.604. The summed E-state index contributed by atoms with van der Waals surface area (Å²) in [6.07, 6.45) is 0. The van der Waals surface area contributed by atoms with Crippen LogP contribution in [0.4, 0.5) is 0 Å². The zero-order valence-corrected chi connectivity index (χ0v) is 6.80. The quantitative estimate of drug-likeness (QED) is 0.550. The molecule has 0 fully saturated rings. The standard InChI is InChI=1S/C7H12N2O/c1-5-8-6(9-10-5)7(2,3)4/h1-4H3. The van der Waals surface area contributed by atoms with Crippen molar-refractivity contribution in [2.24, 2.45) is 0 Å². The molecule has 1 aromatic rings. The number of hydrogen-bond donors (Lipinski definition) is 0. The van der Waals surface area contributed by atoms with Crippen LogP contribution in [0.25, 0.3) is 0 Å². The van der Waals surface area contributed by atoms with E-state index in [0.29, 0.717) is 5.89 Å². The minimum absolute atomic E-state index is 0.00222. The van der Waals surface area contributed by atoms with Crippen LogP contribution in [0.3, 0.4) is 0 Å². The molecule has 0 amide bonds. The summed E-state index contributed by atoms with van der Waals surface area (Å²) in [5, 5.41) is 3.80. The number of aromatic nitrogens is 2. The molecule has 56 valence electrons. The Bertz CT molecular complexity index is 222. The van der Waals surface area contributed by atoms with Gasteiger partial charge in [-0.2, -0.15) is 4.98 Å². The molecular formula is C7H12N2O. The Labute approximate surface area is 60.4 Å². The maximum Gasteiger partial charge on any atom is 0.223 e. The molecule has 0 aliphatic heterocycles. The Balaban J connectivity index is 2.96. The maximum atomic E-state index is 4.83. The third-order valence-electron chi connectivity index (χ3n) is 1.20. The van der Waals surface area contributed by atoms with Gasteiger partial charge in [-0.1, -0.05) is 25.9 Å². The molecule has 3 heteroatoms. The van der Waals surface area contributed by atoms with Crippen LogP contribution in [-0.2, 0) is 5.41 Å². The minimum Gasteiger partial charge on any atom is -0.340 e. The highest BCUT2D eigenvalue weighted by Crippen LogP contribution is 2.17. The van der Waals surface area contributed by atoms with Crippen LogP contribution >= 0.6 is 0 Å². The van der Waals surface area contributed by atoms with Gasteiger partial charge >= 0.3 is 0 Å². The van der Waals surface area contributed by atoms with Crippen molar-refractivity contribution in [2.45, 2.75) is 33.1 Å². The zero-order chi connectivity index (χ0) is 7.78. The van der Waals surface area contributed by atoms with Crippen LogP contribution in [-0.4, -0.2) is 10.1 Å². The molecule has 0 spiro atoms. The molecule has 0 aliphatic carbocycles. The highest BCUT2D eigenvalue weighted by molar-refractivity contribution is 4.98. The molecule has 0 atom stereocenters. The third kappa shape index (κ3) is 1.35. The number of hydrogen-bond acceptors (Lipinski definition) is 3. The molecule has 0 aliphatic rings. The lowest BCUT2D eigenvalue weighted by molar-refractivity contribution is 0.375. The zero-order valence-electron chi connectivity index (χ0n) is 6.80. The Morgan fingerprint density at radius 2 is 1.90 bits per heavy atom. The molecule has 0 radical (unpaired) electrons. The molecule has 0 aromatic carbocycles. The predicted octanol–water partition coefficient (Wildman–Crippen LogP) is 1.68. The second-order valence-electron chi connectivity index (χ2n) is 3.39. The molecule has 3 nitrogen and oxygen atoms in total. The van der Waals surface area contributed by atoms with Crippen molar-refractivity contribution >= 4 is 0 Å². The van der Waals surface area contributed by atoms with Crippen LogP contribution in [0.5, 0.6) is 0 Å². The van der Waals surface area contributed by atoms with Crippen molar-refractivity contribution < 1.29 is 4.52 Å². The van der Waals surface area contributed by atoms with Crippen LogP contribution < -0.4 is 0 Å². The predicted molar refractivity (Wildman–Crippen MR) is 37.7 cm³/mol. The van der Waals surface area contributed by atoms with Crippen LogP contribution in [0.2, 0.25) is 0 Å². The van der Waals surface area contributed by atoms with Crippen molar-refractivity contribution in [2.75, 3.05) is 0 Å². The largest absolute Gasteiger partial charge is 0.340 e. The van der Waals surface area contributed by atoms with E-state index in [1.807, 2.05) is 0 Å². The molecule has 0 N–H and O–H groups in total. The van der Waals surface area contributed by atoms with Gasteiger partial charge in [-0.3, -0.25) is 0 Å². The smallest absolute Gasteiger partial charge is 0.223 e. The van der Waals surface area contributed by atoms with Gasteiger partial charge in [0.05, 0.1) is 0 Å². The molecule has 0 bridgehead atoms. The van der Waals surface area contributed by atoms with Gasteiger partial charge in [-0.05, 0) is 0 Å². The number of rotatable bonds is 0. The van der Waals surface area contributed by atoms with Crippen molar-refractivity contribution in [3.8, 4) is 0 Å². The first-order valence-corrected chi connectivity index (χ1v) is 3.31. The van der Waals surface area contributed by atoms with Crippen molar-refractivity contribution in [3.05, 3.63) is 11.7 Å². The first-order valence-electron chi connectivity index (χ1n) is 3.31. The van der Waals surface area contributed by atoms with Crippen LogP contribution in [0.15, 0.2) is 4.52 Å². The molecule has 1 aromatic heterocycles. The Morgan fingerprint density at radius 1 is 1.30 bits per heavy atom. The van der Waals surface area contributed by atoms with E-state index in [0.717, 1.165) is 5.82 Å². The summed E-state index contributed by atoms with van der Waals surface area (Å²) >= 11 is 0. The van der Waals surface area contributed by atoms with Gasteiger partial charge in [0.1, 0.15) is 0 Å². The Morgan fingerprint density at radius 3 is 2.10 bits per heavy atom. The van der Waals surface area contributed by atoms with E-state index < -0.39 is 0 Å². The van der Waals surface area contributed by atoms with Crippen LogP contribution in [0, 0.1) is 6.92 Å². The summed E-state index contributed by atoms with van der Waals surface area (Å²) in [6, 6.07) is 0. The number of aryl methyl sites for hydroxylation is 1. The highest BCUT2D eigenvalue weighted by Gasteiger charge is 2.19. The first kappa shape index (κ1) is 7.25. The number of nitrogens with zero attached hydrogens (tertiary/aromatic N) is 2. The SMILES string of the molecule is Cc1nc(C(C)(C)C)no1. The van der Waals surface area contributed by atoms with Crippen molar-refractivity contribution in [1.29, 1.82) is 0 Å². The van der Waals surface area contributed by atoms with Gasteiger partial charge in [0.25, 0.3) is 0 Å². The molecule has 0 unspecified atom stereocenters. The molecular weight excluding hydrogens is 128 g/mol. The van der Waals surface area contributed by atoms with E-state index in [9.17, 15) is 0 Å². The molecule has 10 heavy (non-hydrogen) atoms. The fourth-order valence-corrected chi connectivity index (χ4v) is 0.604. The van der Waals surface area contributed by atoms with Gasteiger partial charge in [0, 0.05) is 12.3 Å². The monoisotopic (exact) mass is 140 g/mol. The van der Waals surface area contributed by atoms with E-state index in [1.165, 1.54) is 0 Å². The average Bonchev–Trinajstić information content (AvgIpc) is 2.11. The Hall–Kier alpha value is -0.860. The topological polar surface area (TPSA) is 38.9 Å².